The van der Waals surface area contributed by atoms with E-state index in [2.05, 4.69) is 23.1 Å². The van der Waals surface area contributed by atoms with Gasteiger partial charge in [0.05, 0.1) is 59.5 Å². The van der Waals surface area contributed by atoms with Gasteiger partial charge in [-0.15, -0.1) is 0 Å². The number of hydrogen-bond donors (Lipinski definition) is 0. The van der Waals surface area contributed by atoms with Crippen LogP contribution in [0.1, 0.15) is 25.7 Å². The fraction of sp³-hybridized carbons (Fsp3) is 0.947. The third-order valence-electron chi connectivity index (χ3n) is 3.86. The number of halogens is 1. The van der Waals surface area contributed by atoms with Crippen LogP contribution in [0.25, 0.3) is 10.4 Å². The predicted octanol–water partition coefficient (Wildman–Crippen LogP) is 3.95. The topological polar surface area (TPSA) is 112 Å². The van der Waals surface area contributed by atoms with E-state index in [1.54, 1.807) is 0 Å². The van der Waals surface area contributed by atoms with E-state index in [1.807, 2.05) is 0 Å². The van der Waals surface area contributed by atoms with Gasteiger partial charge in [0.2, 0.25) is 0 Å². The summed E-state index contributed by atoms with van der Waals surface area (Å²) >= 11 is 6.25. The van der Waals surface area contributed by atoms with Crippen molar-refractivity contribution in [1.29, 1.82) is 0 Å². The molecule has 0 aliphatic heterocycles. The van der Waals surface area contributed by atoms with Crippen LogP contribution in [0.3, 0.4) is 0 Å². The molecule has 0 radical (unpaired) electrons. The van der Waals surface area contributed by atoms with Gasteiger partial charge in [-0.25, -0.2) is 0 Å². The monoisotopic (exact) mass is 467 g/mol. The van der Waals surface area contributed by atoms with Crippen molar-refractivity contribution in [2.24, 2.45) is 5.11 Å². The summed E-state index contributed by atoms with van der Waals surface area (Å²) in [6.07, 6.45) is 2.86. The number of Topliss-reactive ketones (excluding diaryl/α,β-unsaturated/α-hetero) is 1. The lowest BCUT2D eigenvalue weighted by atomic mass is 10.1. The predicted molar refractivity (Wildman–Crippen MR) is 120 cm³/mol. The first kappa shape index (κ1) is 29.3. The molecule has 0 aliphatic rings. The smallest absolute Gasteiger partial charge is 0.150 e. The van der Waals surface area contributed by atoms with Gasteiger partial charge < -0.3 is 23.7 Å². The van der Waals surface area contributed by atoms with E-state index in [9.17, 15) is 4.79 Å². The normalized spacial score (nSPS) is 11.4. The number of ether oxygens (including phenoxy) is 5. The van der Waals surface area contributed by atoms with Crippen molar-refractivity contribution in [3.05, 3.63) is 10.4 Å². The summed E-state index contributed by atoms with van der Waals surface area (Å²) in [5.41, 5.74) is 8.09. The molecular weight excluding hydrogens is 430 g/mol. The molecule has 0 heterocycles. The molecule has 0 bridgehead atoms. The molecule has 176 valence electrons. The van der Waals surface area contributed by atoms with Gasteiger partial charge >= 0.3 is 0 Å². The minimum Gasteiger partial charge on any atom is -0.379 e. The fourth-order valence-electron chi connectivity index (χ4n) is 2.33. The summed E-state index contributed by atoms with van der Waals surface area (Å²) in [5, 5.41) is 3.36. The molecule has 0 aromatic heterocycles. The Bertz CT molecular complexity index is 462. The van der Waals surface area contributed by atoms with Crippen LogP contribution < -0.4 is 0 Å². The molecule has 0 spiro atoms. The maximum Gasteiger partial charge on any atom is 0.150 e. The third kappa shape index (κ3) is 25.3. The number of carbonyl (C=O) groups excluding carboxylic acids is 1. The van der Waals surface area contributed by atoms with E-state index in [0.717, 1.165) is 18.9 Å². The summed E-state index contributed by atoms with van der Waals surface area (Å²) in [6.45, 7) is 9.49. The first-order valence-electron chi connectivity index (χ1n) is 10.6. The van der Waals surface area contributed by atoms with Crippen molar-refractivity contribution >= 4 is 24.2 Å². The highest BCUT2D eigenvalue weighted by molar-refractivity contribution is 7.19. The molecule has 0 fully saturated rings. The van der Waals surface area contributed by atoms with Crippen LogP contribution in [0.4, 0.5) is 0 Å². The molecule has 0 aromatic rings. The summed E-state index contributed by atoms with van der Waals surface area (Å²) in [4.78, 5) is 14.4. The highest BCUT2D eigenvalue weighted by Crippen LogP contribution is 2.18. The van der Waals surface area contributed by atoms with Crippen LogP contribution in [0.15, 0.2) is 5.11 Å². The largest absolute Gasteiger partial charge is 0.379 e. The zero-order chi connectivity index (χ0) is 22.3. The summed E-state index contributed by atoms with van der Waals surface area (Å²) < 4.78 is 26.8. The highest BCUT2D eigenvalue weighted by atomic mass is 35.6. The van der Waals surface area contributed by atoms with E-state index < -0.39 is 7.38 Å². The average molecular weight is 468 g/mol. The molecule has 30 heavy (non-hydrogen) atoms. The number of hydrogen-bond acceptors (Lipinski definition) is 7. The lowest BCUT2D eigenvalue weighted by Crippen LogP contribution is -2.16. The standard InChI is InChI=1S/C19H38ClN3O6Si/c1-30(2,20)18-4-6-19(24)5-3-8-25-10-12-27-14-16-29-17-15-28-13-11-26-9-7-22-23-21/h3-18H2,1-2H3. The van der Waals surface area contributed by atoms with Crippen LogP contribution in [-0.2, 0) is 28.5 Å². The van der Waals surface area contributed by atoms with E-state index in [4.69, 9.17) is 40.3 Å². The van der Waals surface area contributed by atoms with Crippen LogP contribution in [0.2, 0.25) is 19.1 Å². The molecule has 11 heteroatoms. The summed E-state index contributed by atoms with van der Waals surface area (Å²) in [6, 6.07) is 0.987. The SMILES string of the molecule is C[Si](C)(Cl)CCCC(=O)CCCOCCOCCOCCOCCOCCN=[N+]=[N-]. The van der Waals surface area contributed by atoms with Gasteiger partial charge in [-0.2, -0.15) is 11.1 Å². The second kappa shape index (κ2) is 21.5. The van der Waals surface area contributed by atoms with Crippen molar-refractivity contribution in [2.75, 3.05) is 72.6 Å². The Morgan fingerprint density at radius 3 is 1.70 bits per heavy atom. The Morgan fingerprint density at radius 2 is 1.23 bits per heavy atom. The van der Waals surface area contributed by atoms with Gasteiger partial charge in [-0.05, 0) is 24.4 Å². The molecule has 9 nitrogen and oxygen atoms in total. The summed E-state index contributed by atoms with van der Waals surface area (Å²) in [7, 11) is -1.55. The van der Waals surface area contributed by atoms with Gasteiger partial charge in [0.1, 0.15) is 5.78 Å². The molecule has 0 aliphatic carbocycles. The Balaban J connectivity index is 3.16. The maximum absolute atomic E-state index is 11.8. The summed E-state index contributed by atoms with van der Waals surface area (Å²) in [5.74, 6) is 0.295. The third-order valence-corrected chi connectivity index (χ3v) is 5.97. The Morgan fingerprint density at radius 1 is 0.800 bits per heavy atom. The molecule has 0 N–H and O–H groups in total. The molecule has 0 aromatic carbocycles. The number of ketones is 1. The van der Waals surface area contributed by atoms with E-state index in [-0.39, 0.29) is 0 Å². The first-order chi connectivity index (χ1) is 14.5. The highest BCUT2D eigenvalue weighted by Gasteiger charge is 2.16. The number of rotatable bonds is 23. The molecule has 0 unspecified atom stereocenters. The maximum atomic E-state index is 11.8. The van der Waals surface area contributed by atoms with Crippen LogP contribution >= 0.6 is 11.1 Å². The van der Waals surface area contributed by atoms with Gasteiger partial charge in [0.25, 0.3) is 0 Å². The lowest BCUT2D eigenvalue weighted by molar-refractivity contribution is -0.119. The first-order valence-corrected chi connectivity index (χ1v) is 14.8. The van der Waals surface area contributed by atoms with E-state index >= 15 is 0 Å². The van der Waals surface area contributed by atoms with Crippen molar-refractivity contribution in [2.45, 2.75) is 44.8 Å². The van der Waals surface area contributed by atoms with Crippen molar-refractivity contribution in [1.82, 2.24) is 0 Å². The zero-order valence-electron chi connectivity index (χ0n) is 18.5. The van der Waals surface area contributed by atoms with Gasteiger partial charge in [-0.1, -0.05) is 18.2 Å². The Kier molecular flexibility index (Phi) is 21.0. The fourth-order valence-corrected chi connectivity index (χ4v) is 3.75. The van der Waals surface area contributed by atoms with Crippen LogP contribution in [0, 0.1) is 0 Å². The second-order valence-electron chi connectivity index (χ2n) is 7.23. The van der Waals surface area contributed by atoms with Gasteiger partial charge in [0.15, 0.2) is 7.38 Å². The number of azide groups is 1. The average Bonchev–Trinajstić information content (AvgIpc) is 2.68. The zero-order valence-corrected chi connectivity index (χ0v) is 20.2. The van der Waals surface area contributed by atoms with Crippen LogP contribution in [-0.4, -0.2) is 85.8 Å². The number of nitrogens with zero attached hydrogens (tertiary/aromatic N) is 3. The molecule has 0 rings (SSSR count). The van der Waals surface area contributed by atoms with E-state index in [1.165, 1.54) is 0 Å². The quantitative estimate of drug-likeness (QED) is 0.0561. The minimum absolute atomic E-state index is 0.295. The van der Waals surface area contributed by atoms with Crippen molar-refractivity contribution in [3.63, 3.8) is 0 Å². The van der Waals surface area contributed by atoms with Gasteiger partial charge in [-0.3, -0.25) is 4.79 Å². The van der Waals surface area contributed by atoms with Crippen LogP contribution in [0.5, 0.6) is 0 Å². The Hall–Kier alpha value is -0.713. The molecule has 0 saturated heterocycles. The van der Waals surface area contributed by atoms with Crippen molar-refractivity contribution < 1.29 is 28.5 Å². The molecule has 0 saturated carbocycles. The molecular formula is C19H38ClN3O6Si. The lowest BCUT2D eigenvalue weighted by Gasteiger charge is -2.11. The van der Waals surface area contributed by atoms with Crippen molar-refractivity contribution in [3.8, 4) is 0 Å². The van der Waals surface area contributed by atoms with Gasteiger partial charge in [0, 0.05) is 30.9 Å². The number of carbonyl (C=O) groups is 1. The second-order valence-corrected chi connectivity index (χ2v) is 14.2. The molecule has 0 atom stereocenters. The minimum atomic E-state index is -1.55. The van der Waals surface area contributed by atoms with E-state index in [0.29, 0.717) is 91.2 Å². The molecule has 0 amide bonds. The Labute approximate surface area is 186 Å².